The van der Waals surface area contributed by atoms with Gasteiger partial charge in [0.2, 0.25) is 0 Å². The first-order chi connectivity index (χ1) is 8.60. The van der Waals surface area contributed by atoms with Crippen molar-refractivity contribution in [2.75, 3.05) is 13.1 Å². The molecular weight excluding hydrogens is 231 g/mol. The summed E-state index contributed by atoms with van der Waals surface area (Å²) in [6.07, 6.45) is 0.551. The molecule has 0 aromatic heterocycles. The van der Waals surface area contributed by atoms with E-state index in [9.17, 15) is 9.50 Å². The molecule has 1 saturated heterocycles. The Morgan fingerprint density at radius 2 is 2.28 bits per heavy atom. The van der Waals surface area contributed by atoms with Gasteiger partial charge in [0, 0.05) is 31.7 Å². The standard InChI is InChI=1S/C14H21FN2O/c1-10-8-17(5-4-14(10)18)9-12-3-2-11(7-16)6-13(12)15/h2-3,6,10,14,18H,4-5,7-9,16H2,1H3. The minimum atomic E-state index is -0.217. The topological polar surface area (TPSA) is 49.5 Å². The molecule has 0 radical (unpaired) electrons. The Bertz CT molecular complexity index is 411. The largest absolute Gasteiger partial charge is 0.393 e. The van der Waals surface area contributed by atoms with Gasteiger partial charge in [0.1, 0.15) is 5.82 Å². The number of aliphatic hydroxyl groups is 1. The summed E-state index contributed by atoms with van der Waals surface area (Å²) in [6.45, 7) is 4.64. The predicted octanol–water partition coefficient (Wildman–Crippen LogP) is 1.49. The fourth-order valence-corrected chi connectivity index (χ4v) is 2.45. The molecule has 1 heterocycles. The molecule has 2 unspecified atom stereocenters. The van der Waals surface area contributed by atoms with Crippen molar-refractivity contribution in [3.05, 3.63) is 35.1 Å². The molecule has 0 amide bonds. The van der Waals surface area contributed by atoms with Crippen LogP contribution in [-0.2, 0) is 13.1 Å². The van der Waals surface area contributed by atoms with Gasteiger partial charge >= 0.3 is 0 Å². The van der Waals surface area contributed by atoms with Crippen molar-refractivity contribution < 1.29 is 9.50 Å². The number of hydrogen-bond acceptors (Lipinski definition) is 3. The molecule has 1 fully saturated rings. The van der Waals surface area contributed by atoms with Crippen LogP contribution in [0.2, 0.25) is 0 Å². The molecule has 0 saturated carbocycles. The number of hydrogen-bond donors (Lipinski definition) is 2. The van der Waals surface area contributed by atoms with Crippen molar-refractivity contribution in [2.45, 2.75) is 32.5 Å². The molecule has 18 heavy (non-hydrogen) atoms. The molecule has 0 spiro atoms. The van der Waals surface area contributed by atoms with E-state index in [0.717, 1.165) is 25.1 Å². The second kappa shape index (κ2) is 5.78. The zero-order chi connectivity index (χ0) is 13.1. The molecule has 0 bridgehead atoms. The molecule has 3 nitrogen and oxygen atoms in total. The smallest absolute Gasteiger partial charge is 0.128 e. The van der Waals surface area contributed by atoms with Crippen molar-refractivity contribution in [3.8, 4) is 0 Å². The van der Waals surface area contributed by atoms with Crippen LogP contribution in [0.15, 0.2) is 18.2 Å². The van der Waals surface area contributed by atoms with E-state index in [-0.39, 0.29) is 17.8 Å². The van der Waals surface area contributed by atoms with Crippen LogP contribution in [0.5, 0.6) is 0 Å². The third-order valence-electron chi connectivity index (χ3n) is 3.69. The lowest BCUT2D eigenvalue weighted by molar-refractivity contribution is 0.0316. The lowest BCUT2D eigenvalue weighted by Crippen LogP contribution is -2.41. The molecular formula is C14H21FN2O. The Morgan fingerprint density at radius 3 is 2.89 bits per heavy atom. The Kier molecular flexibility index (Phi) is 4.32. The number of likely N-dealkylation sites (tertiary alicyclic amines) is 1. The number of halogens is 1. The highest BCUT2D eigenvalue weighted by Crippen LogP contribution is 2.20. The zero-order valence-electron chi connectivity index (χ0n) is 10.8. The second-order valence-electron chi connectivity index (χ2n) is 5.20. The molecule has 1 aliphatic rings. The van der Waals surface area contributed by atoms with E-state index in [4.69, 9.17) is 5.73 Å². The quantitative estimate of drug-likeness (QED) is 0.857. The van der Waals surface area contributed by atoms with Gasteiger partial charge in [-0.2, -0.15) is 0 Å². The molecule has 0 aliphatic carbocycles. The van der Waals surface area contributed by atoms with Crippen molar-refractivity contribution in [1.29, 1.82) is 0 Å². The molecule has 1 aliphatic heterocycles. The SMILES string of the molecule is CC1CN(Cc2ccc(CN)cc2F)CCC1O. The summed E-state index contributed by atoms with van der Waals surface area (Å²) in [5.74, 6) is 0.0712. The summed E-state index contributed by atoms with van der Waals surface area (Å²) >= 11 is 0. The number of aliphatic hydroxyl groups excluding tert-OH is 1. The third kappa shape index (κ3) is 3.07. The molecule has 2 rings (SSSR count). The van der Waals surface area contributed by atoms with Gasteiger partial charge in [-0.15, -0.1) is 0 Å². The van der Waals surface area contributed by atoms with Gasteiger partial charge in [0.25, 0.3) is 0 Å². The van der Waals surface area contributed by atoms with Crippen LogP contribution < -0.4 is 5.73 Å². The Balaban J connectivity index is 2.01. The minimum absolute atomic E-state index is 0.184. The first kappa shape index (κ1) is 13.5. The van der Waals surface area contributed by atoms with Crippen molar-refractivity contribution >= 4 is 0 Å². The van der Waals surface area contributed by atoms with Crippen LogP contribution in [0, 0.1) is 11.7 Å². The minimum Gasteiger partial charge on any atom is -0.393 e. The van der Waals surface area contributed by atoms with E-state index < -0.39 is 0 Å². The first-order valence-corrected chi connectivity index (χ1v) is 6.48. The summed E-state index contributed by atoms with van der Waals surface area (Å²) in [5, 5.41) is 9.67. The van der Waals surface area contributed by atoms with E-state index in [2.05, 4.69) is 4.90 Å². The van der Waals surface area contributed by atoms with Crippen LogP contribution in [-0.4, -0.2) is 29.2 Å². The van der Waals surface area contributed by atoms with Crippen LogP contribution in [0.1, 0.15) is 24.5 Å². The Labute approximate surface area is 107 Å². The third-order valence-corrected chi connectivity index (χ3v) is 3.69. The highest BCUT2D eigenvalue weighted by Gasteiger charge is 2.24. The van der Waals surface area contributed by atoms with Crippen molar-refractivity contribution in [1.82, 2.24) is 4.90 Å². The lowest BCUT2D eigenvalue weighted by Gasteiger charge is -2.34. The number of nitrogens with zero attached hydrogens (tertiary/aromatic N) is 1. The van der Waals surface area contributed by atoms with E-state index in [1.54, 1.807) is 0 Å². The summed E-state index contributed by atoms with van der Waals surface area (Å²) in [4.78, 5) is 2.19. The second-order valence-corrected chi connectivity index (χ2v) is 5.20. The fraction of sp³-hybridized carbons (Fsp3) is 0.571. The number of nitrogens with two attached hydrogens (primary N) is 1. The highest BCUT2D eigenvalue weighted by atomic mass is 19.1. The van der Waals surface area contributed by atoms with E-state index >= 15 is 0 Å². The van der Waals surface area contributed by atoms with Crippen LogP contribution >= 0.6 is 0 Å². The summed E-state index contributed by atoms with van der Waals surface area (Å²) < 4.78 is 13.8. The van der Waals surface area contributed by atoms with Gasteiger partial charge in [-0.3, -0.25) is 4.90 Å². The van der Waals surface area contributed by atoms with Gasteiger partial charge < -0.3 is 10.8 Å². The molecule has 2 atom stereocenters. The fourth-order valence-electron chi connectivity index (χ4n) is 2.45. The maximum Gasteiger partial charge on any atom is 0.128 e. The molecule has 100 valence electrons. The highest BCUT2D eigenvalue weighted by molar-refractivity contribution is 5.24. The maximum absolute atomic E-state index is 13.8. The number of piperidine rings is 1. The van der Waals surface area contributed by atoms with Crippen molar-refractivity contribution in [3.63, 3.8) is 0 Å². The average molecular weight is 252 g/mol. The molecule has 1 aromatic carbocycles. The van der Waals surface area contributed by atoms with Gasteiger partial charge in [-0.25, -0.2) is 4.39 Å². The van der Waals surface area contributed by atoms with Gasteiger partial charge in [0.15, 0.2) is 0 Å². The Hall–Kier alpha value is -0.970. The molecule has 3 N–H and O–H groups in total. The van der Waals surface area contributed by atoms with Crippen LogP contribution in [0.25, 0.3) is 0 Å². The Morgan fingerprint density at radius 1 is 1.50 bits per heavy atom. The van der Waals surface area contributed by atoms with Gasteiger partial charge in [0.05, 0.1) is 6.10 Å². The van der Waals surface area contributed by atoms with Crippen LogP contribution in [0.4, 0.5) is 4.39 Å². The summed E-state index contributed by atoms with van der Waals surface area (Å²) in [6, 6.07) is 5.20. The van der Waals surface area contributed by atoms with E-state index in [0.29, 0.717) is 18.7 Å². The lowest BCUT2D eigenvalue weighted by atomic mass is 9.96. The monoisotopic (exact) mass is 252 g/mol. The molecule has 4 heteroatoms. The van der Waals surface area contributed by atoms with E-state index in [1.807, 2.05) is 19.1 Å². The average Bonchev–Trinajstić information content (AvgIpc) is 2.36. The predicted molar refractivity (Wildman–Crippen MR) is 69.4 cm³/mol. The maximum atomic E-state index is 13.8. The van der Waals surface area contributed by atoms with Crippen molar-refractivity contribution in [2.24, 2.45) is 11.7 Å². The normalized spacial score (nSPS) is 25.3. The zero-order valence-corrected chi connectivity index (χ0v) is 10.8. The van der Waals surface area contributed by atoms with Crippen LogP contribution in [0.3, 0.4) is 0 Å². The van der Waals surface area contributed by atoms with E-state index in [1.165, 1.54) is 6.07 Å². The number of benzene rings is 1. The molecule has 1 aromatic rings. The van der Waals surface area contributed by atoms with Gasteiger partial charge in [-0.1, -0.05) is 19.1 Å². The van der Waals surface area contributed by atoms with Gasteiger partial charge in [-0.05, 0) is 24.0 Å². The summed E-state index contributed by atoms with van der Waals surface area (Å²) in [5.41, 5.74) is 7.00. The first-order valence-electron chi connectivity index (χ1n) is 6.48. The number of rotatable bonds is 3. The summed E-state index contributed by atoms with van der Waals surface area (Å²) in [7, 11) is 0.